The van der Waals surface area contributed by atoms with E-state index in [1.807, 2.05) is 12.1 Å². The highest BCUT2D eigenvalue weighted by Gasteiger charge is 2.15. The number of anilines is 1. The first-order valence-corrected chi connectivity index (χ1v) is 6.39. The molecule has 0 aliphatic heterocycles. The van der Waals surface area contributed by atoms with Crippen molar-refractivity contribution in [1.82, 2.24) is 0 Å². The summed E-state index contributed by atoms with van der Waals surface area (Å²) in [7, 11) is 0. The van der Waals surface area contributed by atoms with Crippen molar-refractivity contribution in [2.24, 2.45) is 0 Å². The fourth-order valence-electron chi connectivity index (χ4n) is 2.27. The smallest absolute Gasteiger partial charge is 0.142 e. The number of benzene rings is 1. The SMILES string of the molecule is CCNc1ccccc1OC1CCCCC1. The summed E-state index contributed by atoms with van der Waals surface area (Å²) in [6, 6.07) is 8.24. The molecule has 16 heavy (non-hydrogen) atoms. The van der Waals surface area contributed by atoms with Gasteiger partial charge in [-0.1, -0.05) is 18.6 Å². The quantitative estimate of drug-likeness (QED) is 0.831. The van der Waals surface area contributed by atoms with Crippen LogP contribution in [0.2, 0.25) is 0 Å². The lowest BCUT2D eigenvalue weighted by atomic mass is 9.98. The van der Waals surface area contributed by atoms with Crippen LogP contribution in [0, 0.1) is 0 Å². The number of hydrogen-bond acceptors (Lipinski definition) is 2. The Bertz CT molecular complexity index is 318. The van der Waals surface area contributed by atoms with Gasteiger partial charge in [0.2, 0.25) is 0 Å². The second kappa shape index (κ2) is 5.78. The van der Waals surface area contributed by atoms with Crippen molar-refractivity contribution in [1.29, 1.82) is 0 Å². The maximum Gasteiger partial charge on any atom is 0.142 e. The molecule has 0 spiro atoms. The fourth-order valence-corrected chi connectivity index (χ4v) is 2.27. The Labute approximate surface area is 98.0 Å². The zero-order valence-electron chi connectivity index (χ0n) is 10.0. The first-order chi connectivity index (χ1) is 7.90. The molecule has 1 aliphatic rings. The highest BCUT2D eigenvalue weighted by molar-refractivity contribution is 5.56. The van der Waals surface area contributed by atoms with E-state index in [2.05, 4.69) is 24.4 Å². The van der Waals surface area contributed by atoms with Crippen LogP contribution in [0.3, 0.4) is 0 Å². The molecule has 1 fully saturated rings. The van der Waals surface area contributed by atoms with Crippen molar-refractivity contribution in [2.45, 2.75) is 45.1 Å². The van der Waals surface area contributed by atoms with Gasteiger partial charge in [0.05, 0.1) is 11.8 Å². The van der Waals surface area contributed by atoms with E-state index in [1.54, 1.807) is 0 Å². The van der Waals surface area contributed by atoms with E-state index in [-0.39, 0.29) is 0 Å². The highest BCUT2D eigenvalue weighted by atomic mass is 16.5. The van der Waals surface area contributed by atoms with E-state index in [9.17, 15) is 0 Å². The summed E-state index contributed by atoms with van der Waals surface area (Å²) in [5, 5.41) is 3.34. The van der Waals surface area contributed by atoms with E-state index in [4.69, 9.17) is 4.74 Å². The van der Waals surface area contributed by atoms with E-state index in [0.717, 1.165) is 18.0 Å². The van der Waals surface area contributed by atoms with Gasteiger partial charge in [-0.2, -0.15) is 0 Å². The Morgan fingerprint density at radius 3 is 2.69 bits per heavy atom. The Morgan fingerprint density at radius 1 is 1.19 bits per heavy atom. The minimum atomic E-state index is 0.425. The summed E-state index contributed by atoms with van der Waals surface area (Å²) < 4.78 is 6.08. The van der Waals surface area contributed by atoms with Crippen molar-refractivity contribution in [3.05, 3.63) is 24.3 Å². The van der Waals surface area contributed by atoms with Gasteiger partial charge in [-0.25, -0.2) is 0 Å². The average Bonchev–Trinajstić information content (AvgIpc) is 2.33. The van der Waals surface area contributed by atoms with Crippen molar-refractivity contribution >= 4 is 5.69 Å². The van der Waals surface area contributed by atoms with E-state index >= 15 is 0 Å². The van der Waals surface area contributed by atoms with Gasteiger partial charge in [0.25, 0.3) is 0 Å². The molecule has 1 aliphatic carbocycles. The molecule has 1 aromatic carbocycles. The van der Waals surface area contributed by atoms with Crippen LogP contribution >= 0.6 is 0 Å². The molecule has 2 heteroatoms. The second-order valence-electron chi connectivity index (χ2n) is 4.40. The van der Waals surface area contributed by atoms with Gasteiger partial charge in [-0.15, -0.1) is 0 Å². The second-order valence-corrected chi connectivity index (χ2v) is 4.40. The van der Waals surface area contributed by atoms with Crippen LogP contribution in [0.25, 0.3) is 0 Å². The third-order valence-electron chi connectivity index (χ3n) is 3.10. The predicted octanol–water partition coefficient (Wildman–Crippen LogP) is 3.83. The number of para-hydroxylation sites is 2. The Hall–Kier alpha value is -1.18. The minimum absolute atomic E-state index is 0.425. The van der Waals surface area contributed by atoms with Crippen LogP contribution in [-0.2, 0) is 0 Å². The van der Waals surface area contributed by atoms with Gasteiger partial charge in [-0.3, -0.25) is 0 Å². The van der Waals surface area contributed by atoms with Gasteiger partial charge in [0.1, 0.15) is 5.75 Å². The number of rotatable bonds is 4. The third kappa shape index (κ3) is 2.91. The van der Waals surface area contributed by atoms with Crippen LogP contribution in [0.4, 0.5) is 5.69 Å². The fraction of sp³-hybridized carbons (Fsp3) is 0.571. The third-order valence-corrected chi connectivity index (χ3v) is 3.10. The lowest BCUT2D eigenvalue weighted by molar-refractivity contribution is 0.156. The monoisotopic (exact) mass is 219 g/mol. The molecule has 1 saturated carbocycles. The summed E-state index contributed by atoms with van der Waals surface area (Å²) in [5.41, 5.74) is 1.12. The van der Waals surface area contributed by atoms with Gasteiger partial charge in [-0.05, 0) is 44.7 Å². The molecule has 0 radical (unpaired) electrons. The molecule has 0 amide bonds. The lowest BCUT2D eigenvalue weighted by Gasteiger charge is -2.24. The summed E-state index contributed by atoms with van der Waals surface area (Å²) >= 11 is 0. The minimum Gasteiger partial charge on any atom is -0.488 e. The highest BCUT2D eigenvalue weighted by Crippen LogP contribution is 2.28. The molecule has 0 atom stereocenters. The Kier molecular flexibility index (Phi) is 4.09. The predicted molar refractivity (Wildman–Crippen MR) is 68.1 cm³/mol. The van der Waals surface area contributed by atoms with Crippen LogP contribution < -0.4 is 10.1 Å². The van der Waals surface area contributed by atoms with Crippen LogP contribution in [0.15, 0.2) is 24.3 Å². The normalized spacial score (nSPS) is 17.1. The molecule has 2 rings (SSSR count). The van der Waals surface area contributed by atoms with Crippen LogP contribution in [-0.4, -0.2) is 12.6 Å². The van der Waals surface area contributed by atoms with Crippen LogP contribution in [0.1, 0.15) is 39.0 Å². The maximum atomic E-state index is 6.08. The summed E-state index contributed by atoms with van der Waals surface area (Å²) in [6.45, 7) is 3.04. The first-order valence-electron chi connectivity index (χ1n) is 6.39. The lowest BCUT2D eigenvalue weighted by Crippen LogP contribution is -2.20. The van der Waals surface area contributed by atoms with Crippen LogP contribution in [0.5, 0.6) is 5.75 Å². The molecular weight excluding hydrogens is 198 g/mol. The standard InChI is InChI=1S/C14H21NO/c1-2-15-13-10-6-7-11-14(13)16-12-8-4-3-5-9-12/h6-7,10-12,15H,2-5,8-9H2,1H3. The summed E-state index contributed by atoms with van der Waals surface area (Å²) in [4.78, 5) is 0. The van der Waals surface area contributed by atoms with Crippen molar-refractivity contribution < 1.29 is 4.74 Å². The van der Waals surface area contributed by atoms with Crippen molar-refractivity contribution in [2.75, 3.05) is 11.9 Å². The van der Waals surface area contributed by atoms with Crippen molar-refractivity contribution in [3.8, 4) is 5.75 Å². The van der Waals surface area contributed by atoms with Gasteiger partial charge in [0.15, 0.2) is 0 Å². The molecule has 0 aromatic heterocycles. The molecule has 0 bridgehead atoms. The molecule has 2 nitrogen and oxygen atoms in total. The van der Waals surface area contributed by atoms with E-state index in [1.165, 1.54) is 32.1 Å². The van der Waals surface area contributed by atoms with Gasteiger partial charge >= 0.3 is 0 Å². The molecule has 1 aromatic rings. The Morgan fingerprint density at radius 2 is 1.94 bits per heavy atom. The number of ether oxygens (including phenoxy) is 1. The number of nitrogens with one attached hydrogen (secondary N) is 1. The first kappa shape index (κ1) is 11.3. The summed E-state index contributed by atoms with van der Waals surface area (Å²) in [5.74, 6) is 1.01. The number of hydrogen-bond donors (Lipinski definition) is 1. The molecular formula is C14H21NO. The van der Waals surface area contributed by atoms with Gasteiger partial charge < -0.3 is 10.1 Å². The van der Waals surface area contributed by atoms with E-state index < -0.39 is 0 Å². The van der Waals surface area contributed by atoms with E-state index in [0.29, 0.717) is 6.10 Å². The van der Waals surface area contributed by atoms with Crippen molar-refractivity contribution in [3.63, 3.8) is 0 Å². The molecule has 0 unspecified atom stereocenters. The maximum absolute atomic E-state index is 6.08. The zero-order valence-corrected chi connectivity index (χ0v) is 10.0. The topological polar surface area (TPSA) is 21.3 Å². The average molecular weight is 219 g/mol. The molecule has 88 valence electrons. The summed E-state index contributed by atoms with van der Waals surface area (Å²) in [6.07, 6.45) is 6.84. The molecule has 1 N–H and O–H groups in total. The molecule has 0 saturated heterocycles. The van der Waals surface area contributed by atoms with Gasteiger partial charge in [0, 0.05) is 6.54 Å². The molecule has 0 heterocycles. The zero-order chi connectivity index (χ0) is 11.2. The largest absolute Gasteiger partial charge is 0.488 e. The Balaban J connectivity index is 2.01.